The van der Waals surface area contributed by atoms with Crippen LogP contribution >= 0.6 is 15.9 Å². The van der Waals surface area contributed by atoms with Gasteiger partial charge in [0.1, 0.15) is 6.61 Å². The molecule has 18 heavy (non-hydrogen) atoms. The third kappa shape index (κ3) is 4.63. The van der Waals surface area contributed by atoms with E-state index in [0.717, 1.165) is 0 Å². The van der Waals surface area contributed by atoms with Crippen LogP contribution in [0.15, 0.2) is 22.7 Å². The van der Waals surface area contributed by atoms with Crippen molar-refractivity contribution in [2.24, 2.45) is 5.84 Å². The molecule has 0 heterocycles. The molecule has 0 spiro atoms. The van der Waals surface area contributed by atoms with E-state index in [9.17, 15) is 18.0 Å². The van der Waals surface area contributed by atoms with Gasteiger partial charge in [-0.1, -0.05) is 22.0 Å². The lowest BCUT2D eigenvalue weighted by Gasteiger charge is -2.09. The second-order valence-corrected chi connectivity index (χ2v) is 4.24. The maximum absolute atomic E-state index is 11.9. The molecule has 0 aliphatic rings. The molecule has 100 valence electrons. The van der Waals surface area contributed by atoms with Gasteiger partial charge in [0.15, 0.2) is 0 Å². The van der Waals surface area contributed by atoms with Crippen molar-refractivity contribution in [2.45, 2.75) is 12.8 Å². The fourth-order valence-corrected chi connectivity index (χ4v) is 1.66. The Morgan fingerprint density at radius 3 is 2.61 bits per heavy atom. The number of hydrogen-bond donors (Lipinski definition) is 2. The van der Waals surface area contributed by atoms with E-state index in [0.29, 0.717) is 15.6 Å². The standard InChI is InChI=1S/C10H10BrF3N2O2/c11-8-3-6(9(17)16-15)1-2-7(8)4-18-5-10(12,13)14/h1-3H,4-5,15H2,(H,16,17). The molecule has 1 rings (SSSR count). The van der Waals surface area contributed by atoms with Crippen LogP contribution in [0.4, 0.5) is 13.2 Å². The van der Waals surface area contributed by atoms with Crippen molar-refractivity contribution in [3.63, 3.8) is 0 Å². The summed E-state index contributed by atoms with van der Waals surface area (Å²) in [4.78, 5) is 11.2. The van der Waals surface area contributed by atoms with E-state index in [1.54, 1.807) is 0 Å². The van der Waals surface area contributed by atoms with Crippen molar-refractivity contribution in [3.8, 4) is 0 Å². The quantitative estimate of drug-likeness (QED) is 0.506. The predicted molar refractivity (Wildman–Crippen MR) is 61.5 cm³/mol. The Hall–Kier alpha value is -1.12. The predicted octanol–water partition coefficient (Wildman–Crippen LogP) is 2.13. The zero-order chi connectivity index (χ0) is 13.8. The van der Waals surface area contributed by atoms with E-state index in [4.69, 9.17) is 5.84 Å². The number of rotatable bonds is 4. The van der Waals surface area contributed by atoms with E-state index in [-0.39, 0.29) is 6.61 Å². The lowest BCUT2D eigenvalue weighted by atomic mass is 10.1. The van der Waals surface area contributed by atoms with E-state index < -0.39 is 18.7 Å². The van der Waals surface area contributed by atoms with Gasteiger partial charge >= 0.3 is 6.18 Å². The molecule has 4 nitrogen and oxygen atoms in total. The van der Waals surface area contributed by atoms with Crippen LogP contribution in [0.1, 0.15) is 15.9 Å². The molecule has 1 aromatic rings. The highest BCUT2D eigenvalue weighted by Crippen LogP contribution is 2.21. The molecule has 8 heteroatoms. The summed E-state index contributed by atoms with van der Waals surface area (Å²) in [5, 5.41) is 0. The fraction of sp³-hybridized carbons (Fsp3) is 0.300. The molecule has 1 amide bonds. The maximum atomic E-state index is 11.9. The number of amides is 1. The van der Waals surface area contributed by atoms with Gasteiger partial charge in [-0.15, -0.1) is 0 Å². The number of alkyl halides is 3. The second kappa shape index (κ2) is 6.17. The number of benzene rings is 1. The van der Waals surface area contributed by atoms with Crippen LogP contribution in [0.5, 0.6) is 0 Å². The Bertz CT molecular complexity index is 438. The number of nitrogen functional groups attached to an aromatic ring is 1. The van der Waals surface area contributed by atoms with Crippen LogP contribution < -0.4 is 11.3 Å². The Labute approximate surface area is 109 Å². The van der Waals surface area contributed by atoms with Crippen molar-refractivity contribution in [3.05, 3.63) is 33.8 Å². The Morgan fingerprint density at radius 2 is 2.11 bits per heavy atom. The average Bonchev–Trinajstić information content (AvgIpc) is 2.28. The molecule has 0 aromatic heterocycles. The third-order valence-electron chi connectivity index (χ3n) is 1.97. The van der Waals surface area contributed by atoms with Gasteiger partial charge in [-0.3, -0.25) is 10.2 Å². The van der Waals surface area contributed by atoms with Gasteiger partial charge in [0.25, 0.3) is 5.91 Å². The largest absolute Gasteiger partial charge is 0.411 e. The first-order valence-corrected chi connectivity index (χ1v) is 5.56. The molecule has 0 aliphatic heterocycles. The highest BCUT2D eigenvalue weighted by Gasteiger charge is 2.27. The molecule has 0 unspecified atom stereocenters. The molecule has 3 N–H and O–H groups in total. The summed E-state index contributed by atoms with van der Waals surface area (Å²) in [5.74, 6) is 4.47. The number of carbonyl (C=O) groups excluding carboxylic acids is 1. The van der Waals surface area contributed by atoms with Crippen molar-refractivity contribution in [2.75, 3.05) is 6.61 Å². The summed E-state index contributed by atoms with van der Waals surface area (Å²) in [6, 6.07) is 4.39. The van der Waals surface area contributed by atoms with Crippen molar-refractivity contribution in [1.29, 1.82) is 0 Å². The average molecular weight is 327 g/mol. The van der Waals surface area contributed by atoms with Gasteiger partial charge < -0.3 is 4.74 Å². The third-order valence-corrected chi connectivity index (χ3v) is 2.71. The summed E-state index contributed by atoms with van der Waals surface area (Å²) in [7, 11) is 0. The first-order valence-electron chi connectivity index (χ1n) is 4.77. The normalized spacial score (nSPS) is 11.4. The lowest BCUT2D eigenvalue weighted by Crippen LogP contribution is -2.29. The van der Waals surface area contributed by atoms with Crippen molar-refractivity contribution in [1.82, 2.24) is 5.43 Å². The summed E-state index contributed by atoms with van der Waals surface area (Å²) in [6.07, 6.45) is -4.36. The zero-order valence-electron chi connectivity index (χ0n) is 9.05. The van der Waals surface area contributed by atoms with E-state index in [1.165, 1.54) is 18.2 Å². The van der Waals surface area contributed by atoms with E-state index in [2.05, 4.69) is 20.7 Å². The van der Waals surface area contributed by atoms with E-state index >= 15 is 0 Å². The Kier molecular flexibility index (Phi) is 5.12. The zero-order valence-corrected chi connectivity index (χ0v) is 10.6. The minimum Gasteiger partial charge on any atom is -0.367 e. The monoisotopic (exact) mass is 326 g/mol. The van der Waals surface area contributed by atoms with E-state index in [1.807, 2.05) is 5.43 Å². The summed E-state index contributed by atoms with van der Waals surface area (Å²) >= 11 is 3.14. The van der Waals surface area contributed by atoms with Crippen LogP contribution in [0.3, 0.4) is 0 Å². The molecule has 0 bridgehead atoms. The molecular formula is C10H10BrF3N2O2. The molecule has 0 radical (unpaired) electrons. The van der Waals surface area contributed by atoms with Crippen LogP contribution in [0.2, 0.25) is 0 Å². The summed E-state index contributed by atoms with van der Waals surface area (Å²) in [5.41, 5.74) is 2.75. The lowest BCUT2D eigenvalue weighted by molar-refractivity contribution is -0.176. The van der Waals surface area contributed by atoms with Gasteiger partial charge in [0.05, 0.1) is 6.61 Å². The van der Waals surface area contributed by atoms with Gasteiger partial charge in [-0.05, 0) is 17.7 Å². The first kappa shape index (κ1) is 14.9. The first-order chi connectivity index (χ1) is 8.33. The van der Waals surface area contributed by atoms with Crippen LogP contribution in [0.25, 0.3) is 0 Å². The number of hydrazine groups is 1. The molecule has 0 saturated carbocycles. The highest BCUT2D eigenvalue weighted by molar-refractivity contribution is 9.10. The molecule has 0 saturated heterocycles. The summed E-state index contributed by atoms with van der Waals surface area (Å²) < 4.78 is 40.6. The van der Waals surface area contributed by atoms with Crippen molar-refractivity contribution < 1.29 is 22.7 Å². The molecule has 1 aromatic carbocycles. The minimum absolute atomic E-state index is 0.204. The number of nitrogens with one attached hydrogen (secondary N) is 1. The summed E-state index contributed by atoms with van der Waals surface area (Å²) in [6.45, 7) is -1.52. The number of ether oxygens (including phenoxy) is 1. The van der Waals surface area contributed by atoms with Gasteiger partial charge in [-0.25, -0.2) is 5.84 Å². The number of nitrogens with two attached hydrogens (primary N) is 1. The van der Waals surface area contributed by atoms with Crippen LogP contribution in [-0.4, -0.2) is 18.7 Å². The highest BCUT2D eigenvalue weighted by atomic mass is 79.9. The topological polar surface area (TPSA) is 64.3 Å². The fourth-order valence-electron chi connectivity index (χ4n) is 1.17. The van der Waals surface area contributed by atoms with Gasteiger partial charge in [0.2, 0.25) is 0 Å². The SMILES string of the molecule is NNC(=O)c1ccc(COCC(F)(F)F)c(Br)c1. The van der Waals surface area contributed by atoms with Crippen LogP contribution in [0, 0.1) is 0 Å². The number of carbonyl (C=O) groups is 1. The number of halogens is 4. The Balaban J connectivity index is 2.66. The van der Waals surface area contributed by atoms with Crippen molar-refractivity contribution >= 4 is 21.8 Å². The molecule has 0 aliphatic carbocycles. The second-order valence-electron chi connectivity index (χ2n) is 3.39. The molecule has 0 atom stereocenters. The molecule has 0 fully saturated rings. The van der Waals surface area contributed by atoms with Crippen LogP contribution in [-0.2, 0) is 11.3 Å². The molecular weight excluding hydrogens is 317 g/mol. The smallest absolute Gasteiger partial charge is 0.367 e. The Morgan fingerprint density at radius 1 is 1.44 bits per heavy atom. The van der Waals surface area contributed by atoms with Gasteiger partial charge in [0, 0.05) is 10.0 Å². The maximum Gasteiger partial charge on any atom is 0.411 e. The minimum atomic E-state index is -4.36. The number of hydrogen-bond acceptors (Lipinski definition) is 3. The van der Waals surface area contributed by atoms with Gasteiger partial charge in [-0.2, -0.15) is 13.2 Å².